The Hall–Kier alpha value is -1.76. The molecule has 1 amide bonds. The third kappa shape index (κ3) is 5.86. The number of amides is 1. The van der Waals surface area contributed by atoms with Crippen LogP contribution in [0.3, 0.4) is 0 Å². The van der Waals surface area contributed by atoms with Crippen molar-refractivity contribution in [2.24, 2.45) is 0 Å². The van der Waals surface area contributed by atoms with Crippen LogP contribution >= 0.6 is 23.2 Å². The van der Waals surface area contributed by atoms with Gasteiger partial charge in [-0.15, -0.1) is 0 Å². The van der Waals surface area contributed by atoms with Crippen molar-refractivity contribution in [1.82, 2.24) is 5.32 Å². The molecule has 0 saturated carbocycles. The van der Waals surface area contributed by atoms with Gasteiger partial charge in [-0.3, -0.25) is 9.10 Å². The standard InChI is InChI=1S/C19H22Cl2N2O3S/c1-3-4-9-22-19(24)13-23(17-11-15(20)10-16(21)12-17)27(25,26)18-7-5-14(2)6-8-18/h5-8,10-12H,3-4,9,13H2,1-2H3,(H,22,24). The third-order valence-electron chi connectivity index (χ3n) is 3.88. The minimum Gasteiger partial charge on any atom is -0.355 e. The number of anilines is 1. The zero-order valence-electron chi connectivity index (χ0n) is 15.2. The first kappa shape index (κ1) is 21.5. The van der Waals surface area contributed by atoms with Gasteiger partial charge in [-0.2, -0.15) is 0 Å². The van der Waals surface area contributed by atoms with Gasteiger partial charge in [0.15, 0.2) is 0 Å². The van der Waals surface area contributed by atoms with Crippen molar-refractivity contribution in [2.75, 3.05) is 17.4 Å². The van der Waals surface area contributed by atoms with Crippen LogP contribution < -0.4 is 9.62 Å². The van der Waals surface area contributed by atoms with Gasteiger partial charge in [0.05, 0.1) is 10.6 Å². The number of hydrogen-bond donors (Lipinski definition) is 1. The molecule has 2 aromatic rings. The number of nitrogens with one attached hydrogen (secondary N) is 1. The Morgan fingerprint density at radius 1 is 1.07 bits per heavy atom. The fourth-order valence-corrected chi connectivity index (χ4v) is 4.35. The maximum Gasteiger partial charge on any atom is 0.264 e. The second-order valence-corrected chi connectivity index (χ2v) is 8.89. The lowest BCUT2D eigenvalue weighted by atomic mass is 10.2. The number of nitrogens with zero attached hydrogens (tertiary/aromatic N) is 1. The lowest BCUT2D eigenvalue weighted by Gasteiger charge is -2.24. The van der Waals surface area contributed by atoms with Gasteiger partial charge in [0.2, 0.25) is 5.91 Å². The van der Waals surface area contributed by atoms with E-state index < -0.39 is 15.9 Å². The zero-order valence-corrected chi connectivity index (χ0v) is 17.5. The van der Waals surface area contributed by atoms with Gasteiger partial charge in [0, 0.05) is 16.6 Å². The molecule has 0 aliphatic heterocycles. The Bertz CT molecular complexity index is 879. The van der Waals surface area contributed by atoms with E-state index in [4.69, 9.17) is 23.2 Å². The van der Waals surface area contributed by atoms with Crippen LogP contribution in [0.5, 0.6) is 0 Å². The van der Waals surface area contributed by atoms with E-state index in [0.29, 0.717) is 6.54 Å². The average molecular weight is 429 g/mol. The molecule has 27 heavy (non-hydrogen) atoms. The summed E-state index contributed by atoms with van der Waals surface area (Å²) >= 11 is 12.1. The highest BCUT2D eigenvalue weighted by molar-refractivity contribution is 7.92. The lowest BCUT2D eigenvalue weighted by Crippen LogP contribution is -2.41. The third-order valence-corrected chi connectivity index (χ3v) is 6.11. The van der Waals surface area contributed by atoms with Gasteiger partial charge in [-0.1, -0.05) is 54.2 Å². The first-order chi connectivity index (χ1) is 12.7. The predicted octanol–water partition coefficient (Wildman–Crippen LogP) is 4.41. The van der Waals surface area contributed by atoms with Crippen LogP contribution in [0.15, 0.2) is 47.4 Å². The summed E-state index contributed by atoms with van der Waals surface area (Å²) in [6.07, 6.45) is 1.75. The van der Waals surface area contributed by atoms with Gasteiger partial charge in [-0.05, 0) is 43.7 Å². The van der Waals surface area contributed by atoms with E-state index in [9.17, 15) is 13.2 Å². The fourth-order valence-electron chi connectivity index (χ4n) is 2.43. The molecule has 0 aliphatic rings. The normalized spacial score (nSPS) is 11.3. The number of hydrogen-bond acceptors (Lipinski definition) is 3. The predicted molar refractivity (Wildman–Crippen MR) is 110 cm³/mol. The van der Waals surface area contributed by atoms with Gasteiger partial charge in [0.1, 0.15) is 6.54 Å². The van der Waals surface area contributed by atoms with Crippen LogP contribution in [0.2, 0.25) is 10.0 Å². The lowest BCUT2D eigenvalue weighted by molar-refractivity contribution is -0.119. The van der Waals surface area contributed by atoms with Crippen molar-refractivity contribution >= 4 is 44.8 Å². The minimum absolute atomic E-state index is 0.0885. The SMILES string of the molecule is CCCCNC(=O)CN(c1cc(Cl)cc(Cl)c1)S(=O)(=O)c1ccc(C)cc1. The minimum atomic E-state index is -3.97. The summed E-state index contributed by atoms with van der Waals surface area (Å²) in [5, 5.41) is 3.31. The molecule has 0 unspecified atom stereocenters. The van der Waals surface area contributed by atoms with Gasteiger partial charge < -0.3 is 5.32 Å². The summed E-state index contributed by atoms with van der Waals surface area (Å²) in [6, 6.07) is 10.9. The van der Waals surface area contributed by atoms with Crippen LogP contribution in [0.1, 0.15) is 25.3 Å². The average Bonchev–Trinajstić information content (AvgIpc) is 2.59. The summed E-state index contributed by atoms with van der Waals surface area (Å²) in [4.78, 5) is 12.4. The molecule has 0 fully saturated rings. The number of sulfonamides is 1. The Morgan fingerprint density at radius 3 is 2.22 bits per heavy atom. The number of carbonyl (C=O) groups is 1. The van der Waals surface area contributed by atoms with Crippen LogP contribution in [-0.4, -0.2) is 27.4 Å². The van der Waals surface area contributed by atoms with E-state index in [1.807, 2.05) is 13.8 Å². The first-order valence-electron chi connectivity index (χ1n) is 8.56. The molecule has 2 rings (SSSR count). The van der Waals surface area contributed by atoms with Gasteiger partial charge in [0.25, 0.3) is 10.0 Å². The highest BCUT2D eigenvalue weighted by Crippen LogP contribution is 2.29. The quantitative estimate of drug-likeness (QED) is 0.632. The molecule has 8 heteroatoms. The Labute approximate surface area is 170 Å². The molecule has 0 saturated heterocycles. The molecule has 0 radical (unpaired) electrons. The summed E-state index contributed by atoms with van der Waals surface area (Å²) in [6.45, 7) is 4.00. The van der Waals surface area contributed by atoms with Crippen LogP contribution in [0.4, 0.5) is 5.69 Å². The molecule has 146 valence electrons. The summed E-state index contributed by atoms with van der Waals surface area (Å²) in [7, 11) is -3.97. The molecule has 2 aromatic carbocycles. The molecule has 0 heterocycles. The van der Waals surface area contributed by atoms with Crippen molar-refractivity contribution in [3.8, 4) is 0 Å². The molecule has 5 nitrogen and oxygen atoms in total. The number of benzene rings is 2. The molecule has 0 aromatic heterocycles. The van der Waals surface area contributed by atoms with Crippen LogP contribution in [0.25, 0.3) is 0 Å². The Kier molecular flexibility index (Phi) is 7.53. The van der Waals surface area contributed by atoms with E-state index in [-0.39, 0.29) is 27.2 Å². The van der Waals surface area contributed by atoms with Crippen molar-refractivity contribution in [2.45, 2.75) is 31.6 Å². The number of carbonyl (C=O) groups excluding carboxylic acids is 1. The summed E-state index contributed by atoms with van der Waals surface area (Å²) in [5.74, 6) is -0.393. The number of halogens is 2. The van der Waals surface area contributed by atoms with Crippen molar-refractivity contribution in [3.05, 3.63) is 58.1 Å². The Balaban J connectivity index is 2.42. The van der Waals surface area contributed by atoms with E-state index in [0.717, 1.165) is 22.7 Å². The van der Waals surface area contributed by atoms with E-state index >= 15 is 0 Å². The summed E-state index contributed by atoms with van der Waals surface area (Å²) < 4.78 is 27.4. The van der Waals surface area contributed by atoms with E-state index in [2.05, 4.69) is 5.32 Å². The second kappa shape index (κ2) is 9.44. The van der Waals surface area contributed by atoms with Gasteiger partial charge >= 0.3 is 0 Å². The molecule has 0 spiro atoms. The molecular weight excluding hydrogens is 407 g/mol. The zero-order chi connectivity index (χ0) is 20.0. The van der Waals surface area contributed by atoms with E-state index in [1.54, 1.807) is 12.1 Å². The van der Waals surface area contributed by atoms with E-state index in [1.165, 1.54) is 30.3 Å². The highest BCUT2D eigenvalue weighted by Gasteiger charge is 2.27. The molecule has 0 aliphatic carbocycles. The highest BCUT2D eigenvalue weighted by atomic mass is 35.5. The van der Waals surface area contributed by atoms with Crippen LogP contribution in [0, 0.1) is 6.92 Å². The Morgan fingerprint density at radius 2 is 1.67 bits per heavy atom. The molecular formula is C19H22Cl2N2O3S. The maximum atomic E-state index is 13.2. The molecule has 1 N–H and O–H groups in total. The number of aryl methyl sites for hydroxylation is 1. The van der Waals surface area contributed by atoms with Gasteiger partial charge in [-0.25, -0.2) is 8.42 Å². The largest absolute Gasteiger partial charge is 0.355 e. The topological polar surface area (TPSA) is 66.5 Å². The molecule has 0 atom stereocenters. The van der Waals surface area contributed by atoms with Crippen molar-refractivity contribution in [1.29, 1.82) is 0 Å². The smallest absolute Gasteiger partial charge is 0.264 e. The number of rotatable bonds is 8. The monoisotopic (exact) mass is 428 g/mol. The van der Waals surface area contributed by atoms with Crippen LogP contribution in [-0.2, 0) is 14.8 Å². The fraction of sp³-hybridized carbons (Fsp3) is 0.316. The molecule has 0 bridgehead atoms. The maximum absolute atomic E-state index is 13.2. The number of unbranched alkanes of at least 4 members (excludes halogenated alkanes) is 1. The van der Waals surface area contributed by atoms with Crippen molar-refractivity contribution < 1.29 is 13.2 Å². The van der Waals surface area contributed by atoms with Crippen molar-refractivity contribution in [3.63, 3.8) is 0 Å². The first-order valence-corrected chi connectivity index (χ1v) is 10.8. The summed E-state index contributed by atoms with van der Waals surface area (Å²) in [5.41, 5.74) is 1.17. The second-order valence-electron chi connectivity index (χ2n) is 6.16.